The Kier molecular flexibility index (Phi) is 6.95. The van der Waals surface area contributed by atoms with Crippen molar-refractivity contribution < 1.29 is 9.59 Å². The van der Waals surface area contributed by atoms with E-state index in [1.807, 2.05) is 23.1 Å². The van der Waals surface area contributed by atoms with E-state index in [0.717, 1.165) is 44.5 Å². The molecule has 0 unspecified atom stereocenters. The number of carbonyl (C=O) groups is 2. The van der Waals surface area contributed by atoms with Crippen molar-refractivity contribution in [3.05, 3.63) is 88.7 Å². The van der Waals surface area contributed by atoms with E-state index in [-0.39, 0.29) is 17.9 Å². The zero-order chi connectivity index (χ0) is 24.2. The number of hydrogen-bond donors (Lipinski definition) is 1. The number of carbonyl (C=O) groups excluding carboxylic acids is 2. The Balaban J connectivity index is 1.18. The molecule has 3 aromatic rings. The molecule has 1 fully saturated rings. The van der Waals surface area contributed by atoms with Crippen LogP contribution in [0, 0.1) is 6.92 Å². The minimum atomic E-state index is -0.190. The fraction of sp³-hybridized carbons (Fsp3) is 0.393. The number of rotatable bonds is 6. The number of aryl methyl sites for hydroxylation is 2. The topological polar surface area (TPSA) is 70.5 Å². The Bertz CT molecular complexity index is 1180. The number of amides is 2. The smallest absolute Gasteiger partial charge is 0.272 e. The third kappa shape index (κ3) is 5.62. The van der Waals surface area contributed by atoms with Crippen molar-refractivity contribution in [3.8, 4) is 0 Å². The molecule has 7 nitrogen and oxygen atoms in total. The predicted molar refractivity (Wildman–Crippen MR) is 135 cm³/mol. The van der Waals surface area contributed by atoms with E-state index in [1.165, 1.54) is 11.1 Å². The summed E-state index contributed by atoms with van der Waals surface area (Å²) in [5.74, 6) is -0.255. The second kappa shape index (κ2) is 10.4. The average molecular weight is 472 g/mol. The van der Waals surface area contributed by atoms with Gasteiger partial charge in [-0.15, -0.1) is 0 Å². The molecule has 182 valence electrons. The number of hydrogen-bond acceptors (Lipinski definition) is 4. The Morgan fingerprint density at radius 2 is 1.71 bits per heavy atom. The van der Waals surface area contributed by atoms with Crippen LogP contribution in [-0.2, 0) is 19.6 Å². The third-order valence-electron chi connectivity index (χ3n) is 6.94. The van der Waals surface area contributed by atoms with Gasteiger partial charge in [-0.05, 0) is 37.3 Å². The van der Waals surface area contributed by atoms with E-state index < -0.39 is 0 Å². The van der Waals surface area contributed by atoms with Crippen LogP contribution in [0.5, 0.6) is 0 Å². The van der Waals surface area contributed by atoms with Crippen LogP contribution in [-0.4, -0.2) is 57.1 Å². The molecule has 0 aliphatic carbocycles. The summed E-state index contributed by atoms with van der Waals surface area (Å²) in [6, 6.07) is 20.5. The lowest BCUT2D eigenvalue weighted by atomic mass is 10.0. The van der Waals surface area contributed by atoms with Crippen molar-refractivity contribution >= 4 is 11.8 Å². The number of nitrogens with one attached hydrogen (secondary N) is 1. The summed E-state index contributed by atoms with van der Waals surface area (Å²) in [5, 5.41) is 7.65. The predicted octanol–water partition coefficient (Wildman–Crippen LogP) is 3.63. The molecule has 0 atom stereocenters. The van der Waals surface area contributed by atoms with Crippen molar-refractivity contribution in [1.82, 2.24) is 24.9 Å². The standard InChI is InChI=1S/C28H33N5O2/c1-21-7-5-10-23(17-21)20-32-13-6-14-33-26(28(32)35)18-25(30-33)27(34)29-24-11-15-31(16-12-24)19-22-8-3-2-4-9-22/h2-5,7-10,17-18,24H,6,11-16,19-20H2,1H3,(H,29,34). The highest BCUT2D eigenvalue weighted by Gasteiger charge is 2.28. The summed E-state index contributed by atoms with van der Waals surface area (Å²) < 4.78 is 1.70. The largest absolute Gasteiger partial charge is 0.348 e. The maximum Gasteiger partial charge on any atom is 0.272 e. The van der Waals surface area contributed by atoms with Crippen LogP contribution < -0.4 is 5.32 Å². The van der Waals surface area contributed by atoms with Crippen LogP contribution in [0.2, 0.25) is 0 Å². The van der Waals surface area contributed by atoms with E-state index in [9.17, 15) is 9.59 Å². The van der Waals surface area contributed by atoms with Crippen molar-refractivity contribution in [1.29, 1.82) is 0 Å². The van der Waals surface area contributed by atoms with Crippen molar-refractivity contribution in [2.75, 3.05) is 19.6 Å². The molecule has 5 rings (SSSR count). The van der Waals surface area contributed by atoms with Crippen LogP contribution in [0.15, 0.2) is 60.7 Å². The fourth-order valence-electron chi connectivity index (χ4n) is 5.06. The molecule has 1 saturated heterocycles. The Morgan fingerprint density at radius 1 is 0.943 bits per heavy atom. The summed E-state index contributed by atoms with van der Waals surface area (Å²) in [6.45, 7) is 6.78. The lowest BCUT2D eigenvalue weighted by Gasteiger charge is -2.32. The van der Waals surface area contributed by atoms with Gasteiger partial charge in [0, 0.05) is 51.4 Å². The van der Waals surface area contributed by atoms with Gasteiger partial charge < -0.3 is 10.2 Å². The first kappa shape index (κ1) is 23.3. The number of nitrogens with zero attached hydrogens (tertiary/aromatic N) is 4. The lowest BCUT2D eigenvalue weighted by Crippen LogP contribution is -2.44. The maximum atomic E-state index is 13.3. The molecular weight excluding hydrogens is 438 g/mol. The number of aromatic nitrogens is 2. The van der Waals surface area contributed by atoms with Gasteiger partial charge in [0.15, 0.2) is 5.69 Å². The number of likely N-dealkylation sites (tertiary alicyclic amines) is 1. The van der Waals surface area contributed by atoms with Gasteiger partial charge in [0.25, 0.3) is 11.8 Å². The highest BCUT2D eigenvalue weighted by molar-refractivity contribution is 5.98. The van der Waals surface area contributed by atoms with Gasteiger partial charge in [-0.1, -0.05) is 60.2 Å². The summed E-state index contributed by atoms with van der Waals surface area (Å²) >= 11 is 0. The number of benzene rings is 2. The molecule has 3 heterocycles. The maximum absolute atomic E-state index is 13.3. The van der Waals surface area contributed by atoms with Crippen LogP contribution in [0.4, 0.5) is 0 Å². The van der Waals surface area contributed by atoms with E-state index >= 15 is 0 Å². The molecule has 2 aliphatic rings. The molecule has 2 aliphatic heterocycles. The highest BCUT2D eigenvalue weighted by atomic mass is 16.2. The van der Waals surface area contributed by atoms with Crippen molar-refractivity contribution in [2.24, 2.45) is 0 Å². The molecule has 1 aromatic heterocycles. The fourth-order valence-corrected chi connectivity index (χ4v) is 5.06. The molecule has 2 aromatic carbocycles. The van der Waals surface area contributed by atoms with Gasteiger partial charge in [-0.25, -0.2) is 0 Å². The summed E-state index contributed by atoms with van der Waals surface area (Å²) in [4.78, 5) is 30.5. The zero-order valence-electron chi connectivity index (χ0n) is 20.3. The van der Waals surface area contributed by atoms with E-state index in [0.29, 0.717) is 31.0 Å². The van der Waals surface area contributed by atoms with Gasteiger partial charge in [0.1, 0.15) is 5.69 Å². The molecule has 0 radical (unpaired) electrons. The third-order valence-corrected chi connectivity index (χ3v) is 6.94. The number of fused-ring (bicyclic) bond motifs is 1. The van der Waals surface area contributed by atoms with Gasteiger partial charge >= 0.3 is 0 Å². The molecule has 2 amide bonds. The first-order chi connectivity index (χ1) is 17.0. The molecule has 0 spiro atoms. The lowest BCUT2D eigenvalue weighted by molar-refractivity contribution is 0.0745. The minimum absolute atomic E-state index is 0.0650. The molecule has 1 N–H and O–H groups in total. The van der Waals surface area contributed by atoms with E-state index in [4.69, 9.17) is 0 Å². The first-order valence-corrected chi connectivity index (χ1v) is 12.5. The summed E-state index contributed by atoms with van der Waals surface area (Å²) in [5.41, 5.74) is 4.44. The average Bonchev–Trinajstić information content (AvgIpc) is 3.23. The van der Waals surface area contributed by atoms with Gasteiger partial charge in [0.2, 0.25) is 0 Å². The normalized spacial score (nSPS) is 17.2. The quantitative estimate of drug-likeness (QED) is 0.596. The van der Waals surface area contributed by atoms with Gasteiger partial charge in [-0.2, -0.15) is 5.10 Å². The molecular formula is C28H33N5O2. The Hall–Kier alpha value is -3.45. The number of piperidine rings is 1. The molecule has 0 bridgehead atoms. The summed E-state index contributed by atoms with van der Waals surface area (Å²) in [7, 11) is 0. The van der Waals surface area contributed by atoms with E-state index in [1.54, 1.807) is 10.7 Å². The molecule has 35 heavy (non-hydrogen) atoms. The second-order valence-electron chi connectivity index (χ2n) is 9.72. The van der Waals surface area contributed by atoms with Crippen LogP contribution in [0.1, 0.15) is 56.9 Å². The Morgan fingerprint density at radius 3 is 2.49 bits per heavy atom. The highest BCUT2D eigenvalue weighted by Crippen LogP contribution is 2.18. The Labute approximate surface area is 206 Å². The molecule has 0 saturated carbocycles. The second-order valence-corrected chi connectivity index (χ2v) is 9.72. The van der Waals surface area contributed by atoms with Crippen LogP contribution in [0.3, 0.4) is 0 Å². The molecule has 7 heteroatoms. The van der Waals surface area contributed by atoms with E-state index in [2.05, 4.69) is 58.6 Å². The van der Waals surface area contributed by atoms with Gasteiger partial charge in [0.05, 0.1) is 0 Å². The van der Waals surface area contributed by atoms with Crippen molar-refractivity contribution in [2.45, 2.75) is 51.9 Å². The summed E-state index contributed by atoms with van der Waals surface area (Å²) in [6.07, 6.45) is 2.64. The van der Waals surface area contributed by atoms with Crippen LogP contribution >= 0.6 is 0 Å². The zero-order valence-corrected chi connectivity index (χ0v) is 20.3. The monoisotopic (exact) mass is 471 g/mol. The van der Waals surface area contributed by atoms with Crippen LogP contribution in [0.25, 0.3) is 0 Å². The first-order valence-electron chi connectivity index (χ1n) is 12.5. The SMILES string of the molecule is Cc1cccc(CN2CCCn3nc(C(=O)NC4CCN(Cc5ccccc5)CC4)cc3C2=O)c1. The van der Waals surface area contributed by atoms with Crippen molar-refractivity contribution in [3.63, 3.8) is 0 Å². The van der Waals surface area contributed by atoms with Gasteiger partial charge in [-0.3, -0.25) is 19.2 Å². The minimum Gasteiger partial charge on any atom is -0.348 e.